The summed E-state index contributed by atoms with van der Waals surface area (Å²) in [5.41, 5.74) is 7.19. The number of piperazine rings is 1. The zero-order valence-corrected chi connectivity index (χ0v) is 13.1. The fourth-order valence-electron chi connectivity index (χ4n) is 3.75. The monoisotopic (exact) mass is 289 g/mol. The average Bonchev–Trinajstić information content (AvgIpc) is 3.04. The fourth-order valence-corrected chi connectivity index (χ4v) is 3.75. The SMILES string of the molecule is CCCc1c(N)ncnc1N1CCN(C2CCCC2)CC1. The van der Waals surface area contributed by atoms with Gasteiger partial charge in [-0.05, 0) is 19.3 Å². The second-order valence-corrected chi connectivity index (χ2v) is 6.27. The first-order valence-corrected chi connectivity index (χ1v) is 8.38. The lowest BCUT2D eigenvalue weighted by molar-refractivity contribution is 0.187. The molecule has 0 bridgehead atoms. The van der Waals surface area contributed by atoms with Crippen LogP contribution < -0.4 is 10.6 Å². The molecule has 0 spiro atoms. The summed E-state index contributed by atoms with van der Waals surface area (Å²) < 4.78 is 0. The highest BCUT2D eigenvalue weighted by Crippen LogP contribution is 2.27. The van der Waals surface area contributed by atoms with Crippen molar-refractivity contribution in [2.75, 3.05) is 36.8 Å². The van der Waals surface area contributed by atoms with Gasteiger partial charge in [-0.15, -0.1) is 0 Å². The minimum Gasteiger partial charge on any atom is -0.383 e. The maximum Gasteiger partial charge on any atom is 0.137 e. The third-order valence-corrected chi connectivity index (χ3v) is 4.91. The Labute approximate surface area is 127 Å². The van der Waals surface area contributed by atoms with Gasteiger partial charge in [0.1, 0.15) is 18.0 Å². The molecule has 116 valence electrons. The van der Waals surface area contributed by atoms with Gasteiger partial charge in [-0.25, -0.2) is 9.97 Å². The minimum atomic E-state index is 0.653. The van der Waals surface area contributed by atoms with Crippen LogP contribution in [0.15, 0.2) is 6.33 Å². The number of nitrogens with two attached hydrogens (primary N) is 1. The molecule has 5 nitrogen and oxygen atoms in total. The van der Waals surface area contributed by atoms with Gasteiger partial charge in [0.2, 0.25) is 0 Å². The van der Waals surface area contributed by atoms with Gasteiger partial charge < -0.3 is 10.6 Å². The zero-order valence-electron chi connectivity index (χ0n) is 13.1. The maximum absolute atomic E-state index is 6.05. The van der Waals surface area contributed by atoms with Crippen molar-refractivity contribution < 1.29 is 0 Å². The number of nitrogen functional groups attached to an aromatic ring is 1. The molecule has 0 amide bonds. The van der Waals surface area contributed by atoms with Crippen LogP contribution in [0.25, 0.3) is 0 Å². The highest BCUT2D eigenvalue weighted by atomic mass is 15.3. The van der Waals surface area contributed by atoms with E-state index < -0.39 is 0 Å². The van der Waals surface area contributed by atoms with Crippen molar-refractivity contribution in [3.63, 3.8) is 0 Å². The summed E-state index contributed by atoms with van der Waals surface area (Å²) in [5, 5.41) is 0. The molecule has 2 heterocycles. The molecule has 1 saturated carbocycles. The summed E-state index contributed by atoms with van der Waals surface area (Å²) >= 11 is 0. The molecule has 2 aliphatic rings. The quantitative estimate of drug-likeness (QED) is 0.919. The Balaban J connectivity index is 1.67. The van der Waals surface area contributed by atoms with Crippen LogP contribution in [0, 0.1) is 0 Å². The van der Waals surface area contributed by atoms with Crippen molar-refractivity contribution in [3.05, 3.63) is 11.9 Å². The standard InChI is InChI=1S/C16H27N5/c1-2-5-14-15(17)18-12-19-16(14)21-10-8-20(9-11-21)13-6-3-4-7-13/h12-13H,2-11H2,1H3,(H2,17,18,19). The first-order valence-electron chi connectivity index (χ1n) is 8.38. The van der Waals surface area contributed by atoms with Gasteiger partial charge in [-0.1, -0.05) is 26.2 Å². The highest BCUT2D eigenvalue weighted by Gasteiger charge is 2.27. The molecule has 1 aliphatic carbocycles. The molecule has 21 heavy (non-hydrogen) atoms. The van der Waals surface area contributed by atoms with E-state index in [9.17, 15) is 0 Å². The van der Waals surface area contributed by atoms with Crippen molar-refractivity contribution in [1.29, 1.82) is 0 Å². The molecule has 1 aromatic rings. The molecule has 0 radical (unpaired) electrons. The average molecular weight is 289 g/mol. The van der Waals surface area contributed by atoms with E-state index in [-0.39, 0.29) is 0 Å². The Hall–Kier alpha value is -1.36. The molecular weight excluding hydrogens is 262 g/mol. The molecule has 0 aromatic carbocycles. The number of aromatic nitrogens is 2. The van der Waals surface area contributed by atoms with Crippen molar-refractivity contribution in [1.82, 2.24) is 14.9 Å². The molecule has 3 rings (SSSR count). The predicted octanol–water partition coefficient (Wildman–Crippen LogP) is 2.08. The topological polar surface area (TPSA) is 58.3 Å². The van der Waals surface area contributed by atoms with Gasteiger partial charge in [0, 0.05) is 37.8 Å². The first-order chi connectivity index (χ1) is 10.3. The maximum atomic E-state index is 6.05. The van der Waals surface area contributed by atoms with E-state index >= 15 is 0 Å². The third-order valence-electron chi connectivity index (χ3n) is 4.91. The van der Waals surface area contributed by atoms with E-state index in [1.54, 1.807) is 6.33 Å². The molecule has 1 saturated heterocycles. The van der Waals surface area contributed by atoms with Crippen LogP contribution in [0.2, 0.25) is 0 Å². The Morgan fingerprint density at radius 3 is 2.52 bits per heavy atom. The van der Waals surface area contributed by atoms with E-state index in [0.29, 0.717) is 5.82 Å². The van der Waals surface area contributed by atoms with Crippen molar-refractivity contribution in [2.24, 2.45) is 0 Å². The number of anilines is 2. The molecule has 0 unspecified atom stereocenters. The number of rotatable bonds is 4. The molecule has 2 fully saturated rings. The Bertz CT molecular complexity index is 462. The Kier molecular flexibility index (Phi) is 4.58. The number of hydrogen-bond acceptors (Lipinski definition) is 5. The van der Waals surface area contributed by atoms with Crippen LogP contribution in [0.3, 0.4) is 0 Å². The minimum absolute atomic E-state index is 0.653. The lowest BCUT2D eigenvalue weighted by Gasteiger charge is -2.39. The van der Waals surface area contributed by atoms with Gasteiger partial charge in [-0.2, -0.15) is 0 Å². The summed E-state index contributed by atoms with van der Waals surface area (Å²) in [4.78, 5) is 13.8. The van der Waals surface area contributed by atoms with Gasteiger partial charge in [0.15, 0.2) is 0 Å². The van der Waals surface area contributed by atoms with E-state index in [0.717, 1.165) is 56.4 Å². The number of hydrogen-bond donors (Lipinski definition) is 1. The molecule has 5 heteroatoms. The lowest BCUT2D eigenvalue weighted by atomic mass is 10.1. The number of nitrogens with zero attached hydrogens (tertiary/aromatic N) is 4. The predicted molar refractivity (Wildman–Crippen MR) is 86.5 cm³/mol. The molecule has 2 N–H and O–H groups in total. The van der Waals surface area contributed by atoms with Crippen molar-refractivity contribution >= 4 is 11.6 Å². The van der Waals surface area contributed by atoms with E-state index in [1.807, 2.05) is 0 Å². The smallest absolute Gasteiger partial charge is 0.137 e. The summed E-state index contributed by atoms with van der Waals surface area (Å²) in [6.07, 6.45) is 9.25. The summed E-state index contributed by atoms with van der Waals surface area (Å²) in [7, 11) is 0. The van der Waals surface area contributed by atoms with Crippen LogP contribution in [-0.2, 0) is 6.42 Å². The van der Waals surface area contributed by atoms with E-state index in [1.165, 1.54) is 25.7 Å². The Morgan fingerprint density at radius 1 is 1.14 bits per heavy atom. The zero-order chi connectivity index (χ0) is 14.7. The molecule has 1 aliphatic heterocycles. The van der Waals surface area contributed by atoms with Gasteiger partial charge >= 0.3 is 0 Å². The van der Waals surface area contributed by atoms with E-state index in [2.05, 4.69) is 26.7 Å². The third kappa shape index (κ3) is 3.12. The largest absolute Gasteiger partial charge is 0.383 e. The van der Waals surface area contributed by atoms with E-state index in [4.69, 9.17) is 5.73 Å². The fraction of sp³-hybridized carbons (Fsp3) is 0.750. The van der Waals surface area contributed by atoms with Crippen molar-refractivity contribution in [2.45, 2.75) is 51.5 Å². The van der Waals surface area contributed by atoms with Gasteiger partial charge in [0.25, 0.3) is 0 Å². The second kappa shape index (κ2) is 6.60. The van der Waals surface area contributed by atoms with Crippen molar-refractivity contribution in [3.8, 4) is 0 Å². The molecule has 1 aromatic heterocycles. The van der Waals surface area contributed by atoms with Crippen LogP contribution in [-0.4, -0.2) is 47.1 Å². The Morgan fingerprint density at radius 2 is 1.86 bits per heavy atom. The first kappa shape index (κ1) is 14.6. The van der Waals surface area contributed by atoms with Crippen LogP contribution >= 0.6 is 0 Å². The second-order valence-electron chi connectivity index (χ2n) is 6.27. The van der Waals surface area contributed by atoms with Crippen LogP contribution in [0.4, 0.5) is 11.6 Å². The normalized spacial score (nSPS) is 21.1. The summed E-state index contributed by atoms with van der Waals surface area (Å²) in [6, 6.07) is 0.831. The van der Waals surface area contributed by atoms with Gasteiger partial charge in [0.05, 0.1) is 0 Å². The van der Waals surface area contributed by atoms with Crippen LogP contribution in [0.1, 0.15) is 44.6 Å². The van der Waals surface area contributed by atoms with Gasteiger partial charge in [-0.3, -0.25) is 4.90 Å². The lowest BCUT2D eigenvalue weighted by Crippen LogP contribution is -2.50. The highest BCUT2D eigenvalue weighted by molar-refractivity contribution is 5.56. The summed E-state index contributed by atoms with van der Waals surface area (Å²) in [5.74, 6) is 1.72. The molecule has 0 atom stereocenters. The molecular formula is C16H27N5. The summed E-state index contributed by atoms with van der Waals surface area (Å²) in [6.45, 7) is 6.60. The van der Waals surface area contributed by atoms with Crippen LogP contribution in [0.5, 0.6) is 0 Å².